The third-order valence-corrected chi connectivity index (χ3v) is 2.08. The standard InChI is InChI=1S/C4H3F7O3S/c5-1(6)3(8,9)4(10,11)2(7)15(12,13)14/h1-2H,(H,12,13,14). The van der Waals surface area contributed by atoms with Gasteiger partial charge in [0.1, 0.15) is 0 Å². The molecule has 0 aliphatic heterocycles. The largest absolute Gasteiger partial charge is 0.373 e. The predicted molar refractivity (Wildman–Crippen MR) is 32.3 cm³/mol. The van der Waals surface area contributed by atoms with Gasteiger partial charge in [0.15, 0.2) is 0 Å². The van der Waals surface area contributed by atoms with Crippen LogP contribution in [0.5, 0.6) is 0 Å². The summed E-state index contributed by atoms with van der Waals surface area (Å²) in [7, 11) is -6.21. The molecule has 1 N–H and O–H groups in total. The first-order valence-corrected chi connectivity index (χ1v) is 4.49. The van der Waals surface area contributed by atoms with Crippen molar-refractivity contribution < 1.29 is 43.7 Å². The van der Waals surface area contributed by atoms with Gasteiger partial charge in [-0.2, -0.15) is 26.0 Å². The summed E-state index contributed by atoms with van der Waals surface area (Å²) in [6.45, 7) is 0. The first-order chi connectivity index (χ1) is 6.35. The summed E-state index contributed by atoms with van der Waals surface area (Å²) in [5, 5.41) is 0. The zero-order valence-electron chi connectivity index (χ0n) is 6.47. The minimum atomic E-state index is -6.23. The van der Waals surface area contributed by atoms with E-state index in [0.717, 1.165) is 0 Å². The lowest BCUT2D eigenvalue weighted by Gasteiger charge is -2.26. The highest BCUT2D eigenvalue weighted by atomic mass is 32.2. The molecule has 1 unspecified atom stereocenters. The predicted octanol–water partition coefficient (Wildman–Crippen LogP) is 1.71. The highest BCUT2D eigenvalue weighted by Crippen LogP contribution is 2.43. The van der Waals surface area contributed by atoms with Crippen LogP contribution in [0.25, 0.3) is 0 Å². The SMILES string of the molecule is O=S(=O)(O)C(F)C(F)(F)C(F)(F)C(F)F. The third-order valence-electron chi connectivity index (χ3n) is 1.27. The molecule has 0 spiro atoms. The van der Waals surface area contributed by atoms with E-state index in [1.54, 1.807) is 0 Å². The van der Waals surface area contributed by atoms with Crippen molar-refractivity contribution >= 4 is 10.1 Å². The Morgan fingerprint density at radius 1 is 0.933 bits per heavy atom. The Morgan fingerprint density at radius 3 is 1.47 bits per heavy atom. The summed E-state index contributed by atoms with van der Waals surface area (Å²) in [6.07, 6.45) is -4.98. The molecule has 0 fully saturated rings. The minimum Gasteiger partial charge on any atom is -0.283 e. The van der Waals surface area contributed by atoms with E-state index in [9.17, 15) is 39.2 Å². The topological polar surface area (TPSA) is 54.4 Å². The van der Waals surface area contributed by atoms with E-state index in [1.165, 1.54) is 0 Å². The molecule has 0 aromatic rings. The van der Waals surface area contributed by atoms with Crippen LogP contribution in [0.15, 0.2) is 0 Å². The highest BCUT2D eigenvalue weighted by molar-refractivity contribution is 7.86. The quantitative estimate of drug-likeness (QED) is 0.621. The number of hydrogen-bond donors (Lipinski definition) is 1. The van der Waals surface area contributed by atoms with Crippen LogP contribution in [0.3, 0.4) is 0 Å². The molecular weight excluding hydrogens is 261 g/mol. The number of alkyl halides is 7. The molecule has 15 heavy (non-hydrogen) atoms. The smallest absolute Gasteiger partial charge is 0.283 e. The summed E-state index contributed by atoms with van der Waals surface area (Å²) in [5.41, 5.74) is -4.82. The van der Waals surface area contributed by atoms with Crippen LogP contribution in [0.2, 0.25) is 0 Å². The Kier molecular flexibility index (Phi) is 3.63. The van der Waals surface area contributed by atoms with Gasteiger partial charge in [-0.15, -0.1) is 0 Å². The number of rotatable bonds is 4. The lowest BCUT2D eigenvalue weighted by atomic mass is 10.2. The van der Waals surface area contributed by atoms with Crippen molar-refractivity contribution in [1.29, 1.82) is 0 Å². The molecule has 0 amide bonds. The first-order valence-electron chi connectivity index (χ1n) is 2.99. The highest BCUT2D eigenvalue weighted by Gasteiger charge is 2.70. The molecule has 0 aliphatic carbocycles. The second kappa shape index (κ2) is 3.77. The van der Waals surface area contributed by atoms with Crippen LogP contribution >= 0.6 is 0 Å². The average Bonchev–Trinajstić information content (AvgIpc) is 2.00. The summed E-state index contributed by atoms with van der Waals surface area (Å²) >= 11 is 0. The lowest BCUT2D eigenvalue weighted by molar-refractivity contribution is -0.274. The Morgan fingerprint density at radius 2 is 1.27 bits per heavy atom. The van der Waals surface area contributed by atoms with Crippen LogP contribution in [0, 0.1) is 0 Å². The number of hydrogen-bond acceptors (Lipinski definition) is 2. The van der Waals surface area contributed by atoms with Crippen LogP contribution in [0.4, 0.5) is 30.7 Å². The summed E-state index contributed by atoms with van der Waals surface area (Å²) < 4.78 is 111. The molecule has 3 nitrogen and oxygen atoms in total. The van der Waals surface area contributed by atoms with E-state index in [-0.39, 0.29) is 0 Å². The van der Waals surface area contributed by atoms with Gasteiger partial charge in [0.2, 0.25) is 0 Å². The van der Waals surface area contributed by atoms with E-state index in [2.05, 4.69) is 0 Å². The molecule has 11 heteroatoms. The zero-order valence-corrected chi connectivity index (χ0v) is 7.29. The number of halogens is 7. The molecule has 0 aliphatic rings. The second-order valence-electron chi connectivity index (χ2n) is 2.38. The average molecular weight is 264 g/mol. The fourth-order valence-electron chi connectivity index (χ4n) is 0.484. The third kappa shape index (κ3) is 2.51. The van der Waals surface area contributed by atoms with E-state index in [0.29, 0.717) is 0 Å². The molecule has 0 aromatic heterocycles. The molecule has 0 aromatic carbocycles. The van der Waals surface area contributed by atoms with Crippen molar-refractivity contribution in [2.75, 3.05) is 0 Å². The van der Waals surface area contributed by atoms with Crippen LogP contribution in [0.1, 0.15) is 0 Å². The molecule has 0 bridgehead atoms. The molecular formula is C4H3F7O3S. The molecule has 0 saturated heterocycles. The van der Waals surface area contributed by atoms with Gasteiger partial charge in [0, 0.05) is 0 Å². The minimum absolute atomic E-state index is 4.82. The van der Waals surface area contributed by atoms with Crippen molar-refractivity contribution in [3.8, 4) is 0 Å². The normalized spacial score (nSPS) is 16.9. The molecule has 1 atom stereocenters. The molecule has 0 heterocycles. The van der Waals surface area contributed by atoms with Crippen molar-refractivity contribution in [1.82, 2.24) is 0 Å². The maximum absolute atomic E-state index is 12.2. The summed E-state index contributed by atoms with van der Waals surface area (Å²) in [4.78, 5) is 0. The van der Waals surface area contributed by atoms with Crippen LogP contribution < -0.4 is 0 Å². The molecule has 0 rings (SSSR count). The Bertz CT molecular complexity index is 323. The van der Waals surface area contributed by atoms with Gasteiger partial charge in [-0.1, -0.05) is 0 Å². The Labute approximate surface area is 78.6 Å². The van der Waals surface area contributed by atoms with Gasteiger partial charge < -0.3 is 0 Å². The summed E-state index contributed by atoms with van der Waals surface area (Å²) in [6, 6.07) is 0. The van der Waals surface area contributed by atoms with Gasteiger partial charge in [-0.25, -0.2) is 13.2 Å². The van der Waals surface area contributed by atoms with Crippen molar-refractivity contribution in [2.24, 2.45) is 0 Å². The lowest BCUT2D eigenvalue weighted by Crippen LogP contribution is -2.54. The monoisotopic (exact) mass is 264 g/mol. The van der Waals surface area contributed by atoms with Crippen molar-refractivity contribution in [3.63, 3.8) is 0 Å². The van der Waals surface area contributed by atoms with E-state index >= 15 is 0 Å². The fourth-order valence-corrected chi connectivity index (χ4v) is 1.02. The first kappa shape index (κ1) is 14.4. The molecule has 0 saturated carbocycles. The van der Waals surface area contributed by atoms with Crippen molar-refractivity contribution in [3.05, 3.63) is 0 Å². The van der Waals surface area contributed by atoms with Gasteiger partial charge in [-0.3, -0.25) is 4.55 Å². The van der Waals surface area contributed by atoms with Gasteiger partial charge in [-0.05, 0) is 0 Å². The Balaban J connectivity index is 5.33. The Hall–Kier alpha value is -0.580. The maximum atomic E-state index is 12.2. The van der Waals surface area contributed by atoms with E-state index < -0.39 is 33.9 Å². The van der Waals surface area contributed by atoms with E-state index in [4.69, 9.17) is 4.55 Å². The molecule has 92 valence electrons. The fraction of sp³-hybridized carbons (Fsp3) is 1.00. The molecule has 0 radical (unpaired) electrons. The van der Waals surface area contributed by atoms with Gasteiger partial charge in [0.05, 0.1) is 0 Å². The van der Waals surface area contributed by atoms with Crippen molar-refractivity contribution in [2.45, 2.75) is 23.8 Å². The maximum Gasteiger partial charge on any atom is 0.373 e. The van der Waals surface area contributed by atoms with Gasteiger partial charge in [0.25, 0.3) is 5.50 Å². The van der Waals surface area contributed by atoms with Gasteiger partial charge >= 0.3 is 28.4 Å². The van der Waals surface area contributed by atoms with Crippen LogP contribution in [-0.4, -0.2) is 36.7 Å². The second-order valence-corrected chi connectivity index (χ2v) is 3.82. The van der Waals surface area contributed by atoms with E-state index in [1.807, 2.05) is 0 Å². The van der Waals surface area contributed by atoms with Crippen LogP contribution in [-0.2, 0) is 10.1 Å². The zero-order chi connectivity index (χ0) is 12.7. The summed E-state index contributed by atoms with van der Waals surface area (Å²) in [5.74, 6) is -12.4.